The van der Waals surface area contributed by atoms with Crippen LogP contribution in [0, 0.1) is 0 Å². The molecule has 4 heteroatoms. The summed E-state index contributed by atoms with van der Waals surface area (Å²) in [4.78, 5) is 17.0. The molecule has 0 aliphatic carbocycles. The van der Waals surface area contributed by atoms with Crippen molar-refractivity contribution in [1.29, 1.82) is 0 Å². The van der Waals surface area contributed by atoms with Gasteiger partial charge in [0, 0.05) is 12.6 Å². The number of para-hydroxylation sites is 2. The largest absolute Gasteiger partial charge is 0.345 e. The van der Waals surface area contributed by atoms with Crippen LogP contribution in [0.3, 0.4) is 0 Å². The van der Waals surface area contributed by atoms with Gasteiger partial charge in [0.25, 0.3) is 5.91 Å². The summed E-state index contributed by atoms with van der Waals surface area (Å²) < 4.78 is 2.01. The van der Waals surface area contributed by atoms with Gasteiger partial charge in [-0.25, -0.2) is 4.98 Å². The number of hydrogen-bond donors (Lipinski definition) is 1. The van der Waals surface area contributed by atoms with Crippen LogP contribution in [0.1, 0.15) is 16.2 Å². The maximum atomic E-state index is 12.4. The van der Waals surface area contributed by atoms with E-state index in [0.29, 0.717) is 12.1 Å². The van der Waals surface area contributed by atoms with E-state index < -0.39 is 0 Å². The fraction of sp³-hybridized carbons (Fsp3) is 0.0909. The van der Waals surface area contributed by atoms with Gasteiger partial charge in [0.15, 0.2) is 0 Å². The second-order valence-corrected chi connectivity index (χ2v) is 6.20. The molecule has 0 aliphatic rings. The predicted octanol–water partition coefficient (Wildman–Crippen LogP) is 4.17. The maximum Gasteiger partial charge on any atom is 0.251 e. The Hall–Kier alpha value is -3.40. The molecular formula is C22H19N3O. The van der Waals surface area contributed by atoms with Crippen LogP contribution in [-0.2, 0) is 13.6 Å². The lowest BCUT2D eigenvalue weighted by Crippen LogP contribution is -2.24. The number of nitrogens with one attached hydrogen (secondary N) is 1. The first-order chi connectivity index (χ1) is 12.7. The highest BCUT2D eigenvalue weighted by molar-refractivity contribution is 5.94. The van der Waals surface area contributed by atoms with Crippen LogP contribution < -0.4 is 5.32 Å². The van der Waals surface area contributed by atoms with Crippen LogP contribution >= 0.6 is 0 Å². The highest BCUT2D eigenvalue weighted by atomic mass is 16.1. The highest BCUT2D eigenvalue weighted by Gasteiger charge is 2.10. The molecule has 4 aromatic rings. The second-order valence-electron chi connectivity index (χ2n) is 6.20. The zero-order valence-electron chi connectivity index (χ0n) is 14.5. The number of imidazole rings is 1. The standard InChI is InChI=1S/C22H19N3O/c1-25-20-10-6-5-9-19(20)24-21(25)15-23-22(26)18-13-11-17(12-14-18)16-7-3-2-4-8-16/h2-14H,15H2,1H3,(H,23,26). The van der Waals surface area contributed by atoms with Gasteiger partial charge in [-0.2, -0.15) is 0 Å². The summed E-state index contributed by atoms with van der Waals surface area (Å²) >= 11 is 0. The smallest absolute Gasteiger partial charge is 0.251 e. The minimum Gasteiger partial charge on any atom is -0.345 e. The molecule has 1 N–H and O–H groups in total. The number of aryl methyl sites for hydroxylation is 1. The first-order valence-electron chi connectivity index (χ1n) is 8.56. The maximum absolute atomic E-state index is 12.4. The molecule has 0 atom stereocenters. The van der Waals surface area contributed by atoms with E-state index in [-0.39, 0.29) is 5.91 Å². The molecule has 0 bridgehead atoms. The lowest BCUT2D eigenvalue weighted by Gasteiger charge is -2.07. The number of hydrogen-bond acceptors (Lipinski definition) is 2. The molecule has 0 unspecified atom stereocenters. The SMILES string of the molecule is Cn1c(CNC(=O)c2ccc(-c3ccccc3)cc2)nc2ccccc21. The van der Waals surface area contributed by atoms with Crippen molar-refractivity contribution in [1.82, 2.24) is 14.9 Å². The number of fused-ring (bicyclic) bond motifs is 1. The second kappa shape index (κ2) is 6.84. The molecule has 0 saturated carbocycles. The van der Waals surface area contributed by atoms with E-state index >= 15 is 0 Å². The van der Waals surface area contributed by atoms with Gasteiger partial charge >= 0.3 is 0 Å². The summed E-state index contributed by atoms with van der Waals surface area (Å²) in [6.45, 7) is 0.393. The summed E-state index contributed by atoms with van der Waals surface area (Å²) in [5.74, 6) is 0.733. The molecular weight excluding hydrogens is 322 g/mol. The van der Waals surface area contributed by atoms with E-state index in [0.717, 1.165) is 28.0 Å². The van der Waals surface area contributed by atoms with E-state index in [1.165, 1.54) is 0 Å². The fourth-order valence-electron chi connectivity index (χ4n) is 3.06. The molecule has 0 radical (unpaired) electrons. The van der Waals surface area contributed by atoms with Crippen molar-refractivity contribution in [3.63, 3.8) is 0 Å². The van der Waals surface area contributed by atoms with Crippen molar-refractivity contribution >= 4 is 16.9 Å². The summed E-state index contributed by atoms with van der Waals surface area (Å²) in [5, 5.41) is 2.95. The van der Waals surface area contributed by atoms with Crippen molar-refractivity contribution in [2.45, 2.75) is 6.54 Å². The molecule has 3 aromatic carbocycles. The Kier molecular flexibility index (Phi) is 4.23. The topological polar surface area (TPSA) is 46.9 Å². The monoisotopic (exact) mass is 341 g/mol. The molecule has 1 aromatic heterocycles. The minimum absolute atomic E-state index is 0.100. The first kappa shape index (κ1) is 16.1. The average molecular weight is 341 g/mol. The summed E-state index contributed by atoms with van der Waals surface area (Å²) in [6.07, 6.45) is 0. The lowest BCUT2D eigenvalue weighted by molar-refractivity contribution is 0.0949. The fourth-order valence-corrected chi connectivity index (χ4v) is 3.06. The van der Waals surface area contributed by atoms with Crippen LogP contribution in [-0.4, -0.2) is 15.5 Å². The molecule has 1 amide bonds. The van der Waals surface area contributed by atoms with Gasteiger partial charge in [-0.3, -0.25) is 4.79 Å². The molecule has 1 heterocycles. The summed E-state index contributed by atoms with van der Waals surface area (Å²) in [7, 11) is 1.96. The number of carbonyl (C=O) groups is 1. The van der Waals surface area contributed by atoms with Gasteiger partial charge in [0.05, 0.1) is 17.6 Å². The van der Waals surface area contributed by atoms with Crippen molar-refractivity contribution in [2.75, 3.05) is 0 Å². The zero-order valence-corrected chi connectivity index (χ0v) is 14.5. The normalized spacial score (nSPS) is 10.8. The number of nitrogens with zero attached hydrogens (tertiary/aromatic N) is 2. The Morgan fingerprint density at radius 2 is 1.54 bits per heavy atom. The number of rotatable bonds is 4. The Morgan fingerprint density at radius 1 is 0.885 bits per heavy atom. The summed E-state index contributed by atoms with van der Waals surface area (Å²) in [5.41, 5.74) is 4.87. The van der Waals surface area contributed by atoms with Crippen molar-refractivity contribution in [2.24, 2.45) is 7.05 Å². The van der Waals surface area contributed by atoms with Gasteiger partial charge in [-0.1, -0.05) is 54.6 Å². The van der Waals surface area contributed by atoms with Crippen molar-refractivity contribution in [3.05, 3.63) is 90.3 Å². The average Bonchev–Trinajstić information content (AvgIpc) is 3.03. The van der Waals surface area contributed by atoms with E-state index in [2.05, 4.69) is 22.4 Å². The molecule has 128 valence electrons. The van der Waals surface area contributed by atoms with Crippen LogP contribution in [0.25, 0.3) is 22.2 Å². The van der Waals surface area contributed by atoms with E-state index in [1.807, 2.05) is 78.3 Å². The zero-order chi connectivity index (χ0) is 17.9. The Labute approximate surface area is 152 Å². The number of carbonyl (C=O) groups excluding carboxylic acids is 1. The quantitative estimate of drug-likeness (QED) is 0.605. The van der Waals surface area contributed by atoms with Crippen LogP contribution in [0.5, 0.6) is 0 Å². The molecule has 0 saturated heterocycles. The molecule has 0 aliphatic heterocycles. The van der Waals surface area contributed by atoms with Gasteiger partial charge in [0.1, 0.15) is 5.82 Å². The lowest BCUT2D eigenvalue weighted by atomic mass is 10.0. The van der Waals surface area contributed by atoms with Crippen molar-refractivity contribution in [3.8, 4) is 11.1 Å². The summed E-state index contributed by atoms with van der Waals surface area (Å²) in [6, 6.07) is 25.7. The van der Waals surface area contributed by atoms with E-state index in [9.17, 15) is 4.79 Å². The Balaban J connectivity index is 1.47. The minimum atomic E-state index is -0.100. The molecule has 26 heavy (non-hydrogen) atoms. The van der Waals surface area contributed by atoms with Crippen LogP contribution in [0.4, 0.5) is 0 Å². The highest BCUT2D eigenvalue weighted by Crippen LogP contribution is 2.19. The Bertz CT molecular complexity index is 1050. The van der Waals surface area contributed by atoms with Gasteiger partial charge in [0.2, 0.25) is 0 Å². The third kappa shape index (κ3) is 3.09. The Morgan fingerprint density at radius 3 is 2.27 bits per heavy atom. The van der Waals surface area contributed by atoms with E-state index in [1.54, 1.807) is 0 Å². The predicted molar refractivity (Wildman–Crippen MR) is 104 cm³/mol. The third-order valence-corrected chi connectivity index (χ3v) is 4.54. The van der Waals surface area contributed by atoms with Gasteiger partial charge in [-0.15, -0.1) is 0 Å². The first-order valence-corrected chi connectivity index (χ1v) is 8.56. The van der Waals surface area contributed by atoms with Crippen LogP contribution in [0.15, 0.2) is 78.9 Å². The number of benzene rings is 3. The van der Waals surface area contributed by atoms with Crippen molar-refractivity contribution < 1.29 is 4.79 Å². The molecule has 0 spiro atoms. The van der Waals surface area contributed by atoms with Gasteiger partial charge in [-0.05, 0) is 35.4 Å². The van der Waals surface area contributed by atoms with Gasteiger partial charge < -0.3 is 9.88 Å². The number of amides is 1. The van der Waals surface area contributed by atoms with E-state index in [4.69, 9.17) is 0 Å². The number of aromatic nitrogens is 2. The molecule has 4 nitrogen and oxygen atoms in total. The molecule has 4 rings (SSSR count). The molecule has 0 fully saturated rings. The van der Waals surface area contributed by atoms with Crippen LogP contribution in [0.2, 0.25) is 0 Å². The third-order valence-electron chi connectivity index (χ3n) is 4.54.